The van der Waals surface area contributed by atoms with Crippen LogP contribution in [0.15, 0.2) is 6.20 Å². The molecule has 0 spiro atoms. The molecule has 0 aliphatic carbocycles. The second kappa shape index (κ2) is 5.38. The van der Waals surface area contributed by atoms with Gasteiger partial charge in [-0.15, -0.1) is 0 Å². The molecule has 2 heterocycles. The minimum atomic E-state index is -0.313. The first-order chi connectivity index (χ1) is 9.06. The Hall–Kier alpha value is -1.91. The summed E-state index contributed by atoms with van der Waals surface area (Å²) in [4.78, 5) is 20.9. The van der Waals surface area contributed by atoms with E-state index in [1.165, 1.54) is 0 Å². The van der Waals surface area contributed by atoms with Crippen LogP contribution in [0.2, 0.25) is 0 Å². The normalized spacial score (nSPS) is 10.9. The zero-order valence-corrected chi connectivity index (χ0v) is 11.9. The molecule has 102 valence electrons. The van der Waals surface area contributed by atoms with Crippen LogP contribution >= 0.6 is 0 Å². The van der Waals surface area contributed by atoms with E-state index in [1.807, 2.05) is 25.2 Å². The van der Waals surface area contributed by atoms with Crippen LogP contribution in [0.1, 0.15) is 47.3 Å². The van der Waals surface area contributed by atoms with Crippen molar-refractivity contribution in [3.05, 3.63) is 29.0 Å². The van der Waals surface area contributed by atoms with Gasteiger partial charge in [-0.25, -0.2) is 9.78 Å². The highest BCUT2D eigenvalue weighted by Crippen LogP contribution is 2.17. The fourth-order valence-corrected chi connectivity index (χ4v) is 2.04. The van der Waals surface area contributed by atoms with Crippen LogP contribution in [-0.4, -0.2) is 26.9 Å². The topological polar surface area (TPSA) is 56.5 Å². The average molecular weight is 261 g/mol. The smallest absolute Gasteiger partial charge is 0.357 e. The van der Waals surface area contributed by atoms with Gasteiger partial charge in [0.25, 0.3) is 0 Å². The van der Waals surface area contributed by atoms with E-state index >= 15 is 0 Å². The molecule has 2 aromatic rings. The van der Waals surface area contributed by atoms with E-state index < -0.39 is 0 Å². The molecular weight excluding hydrogens is 242 g/mol. The number of nitrogens with zero attached hydrogens (tertiary/aromatic N) is 3. The van der Waals surface area contributed by atoms with Crippen molar-refractivity contribution < 1.29 is 9.53 Å². The van der Waals surface area contributed by atoms with E-state index in [9.17, 15) is 4.79 Å². The summed E-state index contributed by atoms with van der Waals surface area (Å²) in [6, 6.07) is 0. The molecule has 0 saturated heterocycles. The highest BCUT2D eigenvalue weighted by molar-refractivity contribution is 5.90. The number of carbonyl (C=O) groups is 1. The van der Waals surface area contributed by atoms with Crippen molar-refractivity contribution in [2.45, 2.75) is 40.5 Å². The number of hydrogen-bond donors (Lipinski definition) is 0. The van der Waals surface area contributed by atoms with E-state index in [4.69, 9.17) is 4.74 Å². The first kappa shape index (κ1) is 13.5. The van der Waals surface area contributed by atoms with Crippen molar-refractivity contribution in [2.75, 3.05) is 6.61 Å². The second-order valence-electron chi connectivity index (χ2n) is 4.68. The van der Waals surface area contributed by atoms with Crippen LogP contribution in [0.4, 0.5) is 0 Å². The minimum Gasteiger partial charge on any atom is -0.461 e. The fraction of sp³-hybridized carbons (Fsp3) is 0.500. The standard InChI is InChI=1S/C14H19N3O2/c1-5-6-7-19-14(18)12-10(3)16-13-11(4)15-8-9(2)17(12)13/h8H,5-7H2,1-4H3. The molecule has 0 amide bonds. The molecule has 0 radical (unpaired) electrons. The van der Waals surface area contributed by atoms with Crippen molar-refractivity contribution in [3.8, 4) is 0 Å². The van der Waals surface area contributed by atoms with E-state index in [1.54, 1.807) is 6.20 Å². The summed E-state index contributed by atoms with van der Waals surface area (Å²) in [6.45, 7) is 8.12. The van der Waals surface area contributed by atoms with E-state index in [0.717, 1.165) is 29.9 Å². The van der Waals surface area contributed by atoms with Crippen molar-refractivity contribution >= 4 is 11.6 Å². The number of hydrogen-bond acceptors (Lipinski definition) is 4. The number of imidazole rings is 1. The maximum atomic E-state index is 12.2. The lowest BCUT2D eigenvalue weighted by atomic mass is 10.3. The third-order valence-electron chi connectivity index (χ3n) is 3.10. The lowest BCUT2D eigenvalue weighted by Crippen LogP contribution is -2.12. The largest absolute Gasteiger partial charge is 0.461 e. The monoisotopic (exact) mass is 261 g/mol. The number of esters is 1. The molecule has 0 aliphatic rings. The lowest BCUT2D eigenvalue weighted by Gasteiger charge is -2.07. The van der Waals surface area contributed by atoms with Gasteiger partial charge in [-0.3, -0.25) is 9.38 Å². The minimum absolute atomic E-state index is 0.313. The number of unbranched alkanes of at least 4 members (excludes halogenated alkanes) is 1. The first-order valence-electron chi connectivity index (χ1n) is 6.54. The number of rotatable bonds is 4. The van der Waals surface area contributed by atoms with Crippen molar-refractivity contribution in [2.24, 2.45) is 0 Å². The lowest BCUT2D eigenvalue weighted by molar-refractivity contribution is 0.0490. The Labute approximate surface area is 112 Å². The van der Waals surface area contributed by atoms with Crippen LogP contribution in [0, 0.1) is 20.8 Å². The van der Waals surface area contributed by atoms with Crippen LogP contribution in [0.5, 0.6) is 0 Å². The Morgan fingerprint density at radius 1 is 1.32 bits per heavy atom. The Bertz CT molecular complexity index is 617. The fourth-order valence-electron chi connectivity index (χ4n) is 2.04. The summed E-state index contributed by atoms with van der Waals surface area (Å²) in [6.07, 6.45) is 3.62. The Balaban J connectivity index is 2.45. The SMILES string of the molecule is CCCCOC(=O)c1c(C)nc2c(C)ncc(C)n12. The van der Waals surface area contributed by atoms with Crippen LogP contribution in [0.25, 0.3) is 5.65 Å². The van der Waals surface area contributed by atoms with Gasteiger partial charge in [0.1, 0.15) is 0 Å². The second-order valence-corrected chi connectivity index (χ2v) is 4.68. The first-order valence-corrected chi connectivity index (χ1v) is 6.54. The highest BCUT2D eigenvalue weighted by Gasteiger charge is 2.20. The molecule has 5 heteroatoms. The van der Waals surface area contributed by atoms with Gasteiger partial charge >= 0.3 is 5.97 Å². The zero-order chi connectivity index (χ0) is 14.0. The summed E-state index contributed by atoms with van der Waals surface area (Å²) in [5, 5.41) is 0. The van der Waals surface area contributed by atoms with Crippen molar-refractivity contribution in [1.29, 1.82) is 0 Å². The number of aryl methyl sites for hydroxylation is 3. The molecule has 0 fully saturated rings. The molecule has 2 aromatic heterocycles. The third kappa shape index (κ3) is 2.45. The molecule has 19 heavy (non-hydrogen) atoms. The van der Waals surface area contributed by atoms with E-state index in [-0.39, 0.29) is 5.97 Å². The number of carbonyl (C=O) groups excluding carboxylic acids is 1. The zero-order valence-electron chi connectivity index (χ0n) is 11.9. The van der Waals surface area contributed by atoms with E-state index in [2.05, 4.69) is 16.9 Å². The number of fused-ring (bicyclic) bond motifs is 1. The third-order valence-corrected chi connectivity index (χ3v) is 3.10. The molecule has 0 unspecified atom stereocenters. The van der Waals surface area contributed by atoms with Gasteiger partial charge in [-0.2, -0.15) is 0 Å². The predicted octanol–water partition coefficient (Wildman–Crippen LogP) is 2.61. The Morgan fingerprint density at radius 2 is 2.05 bits per heavy atom. The molecule has 0 aromatic carbocycles. The van der Waals surface area contributed by atoms with Gasteiger partial charge in [-0.05, 0) is 27.2 Å². The molecule has 2 rings (SSSR count). The van der Waals surface area contributed by atoms with Crippen LogP contribution in [0.3, 0.4) is 0 Å². The highest BCUT2D eigenvalue weighted by atomic mass is 16.5. The molecule has 0 aliphatic heterocycles. The van der Waals surface area contributed by atoms with Gasteiger partial charge in [0.15, 0.2) is 11.3 Å². The van der Waals surface area contributed by atoms with Crippen LogP contribution < -0.4 is 0 Å². The van der Waals surface area contributed by atoms with Crippen molar-refractivity contribution in [1.82, 2.24) is 14.4 Å². The average Bonchev–Trinajstić information content (AvgIpc) is 2.73. The van der Waals surface area contributed by atoms with Gasteiger partial charge < -0.3 is 4.74 Å². The molecule has 0 saturated carbocycles. The van der Waals surface area contributed by atoms with Gasteiger partial charge in [0.2, 0.25) is 0 Å². The summed E-state index contributed by atoms with van der Waals surface area (Å²) < 4.78 is 7.12. The molecular formula is C14H19N3O2. The van der Waals surface area contributed by atoms with E-state index in [0.29, 0.717) is 18.0 Å². The van der Waals surface area contributed by atoms with Crippen molar-refractivity contribution in [3.63, 3.8) is 0 Å². The number of aromatic nitrogens is 3. The summed E-state index contributed by atoms with van der Waals surface area (Å²) in [5.41, 5.74) is 3.60. The van der Waals surface area contributed by atoms with Gasteiger partial charge in [-0.1, -0.05) is 13.3 Å². The summed E-state index contributed by atoms with van der Waals surface area (Å²) in [7, 11) is 0. The molecule has 5 nitrogen and oxygen atoms in total. The Kier molecular flexibility index (Phi) is 3.83. The molecule has 0 N–H and O–H groups in total. The summed E-state index contributed by atoms with van der Waals surface area (Å²) >= 11 is 0. The molecule has 0 atom stereocenters. The quantitative estimate of drug-likeness (QED) is 0.627. The molecule has 0 bridgehead atoms. The van der Waals surface area contributed by atoms with Crippen LogP contribution in [-0.2, 0) is 4.74 Å². The van der Waals surface area contributed by atoms with Gasteiger partial charge in [0, 0.05) is 11.9 Å². The number of ether oxygens (including phenoxy) is 1. The van der Waals surface area contributed by atoms with Gasteiger partial charge in [0.05, 0.1) is 18.0 Å². The maximum absolute atomic E-state index is 12.2. The Morgan fingerprint density at radius 3 is 2.74 bits per heavy atom. The maximum Gasteiger partial charge on any atom is 0.357 e. The summed E-state index contributed by atoms with van der Waals surface area (Å²) in [5.74, 6) is -0.313. The predicted molar refractivity (Wildman–Crippen MR) is 72.4 cm³/mol.